The highest BCUT2D eigenvalue weighted by atomic mass is 16.5. The Kier molecular flexibility index (Phi) is 9.18. The van der Waals surface area contributed by atoms with Crippen LogP contribution >= 0.6 is 0 Å². The van der Waals surface area contributed by atoms with Crippen molar-refractivity contribution in [3.63, 3.8) is 0 Å². The van der Waals surface area contributed by atoms with Gasteiger partial charge in [-0.3, -0.25) is 4.79 Å². The monoisotopic (exact) mass is 398 g/mol. The summed E-state index contributed by atoms with van der Waals surface area (Å²) in [6.07, 6.45) is 0.576. The van der Waals surface area contributed by atoms with Crippen LogP contribution in [0.25, 0.3) is 0 Å². The van der Waals surface area contributed by atoms with E-state index in [0.717, 1.165) is 11.1 Å². The van der Waals surface area contributed by atoms with E-state index >= 15 is 0 Å². The van der Waals surface area contributed by atoms with Gasteiger partial charge in [0.15, 0.2) is 0 Å². The van der Waals surface area contributed by atoms with E-state index in [1.165, 1.54) is 0 Å². The molecule has 2 aromatic rings. The van der Waals surface area contributed by atoms with Crippen molar-refractivity contribution >= 4 is 12.0 Å². The van der Waals surface area contributed by atoms with Crippen LogP contribution in [0.15, 0.2) is 60.7 Å². The van der Waals surface area contributed by atoms with Crippen LogP contribution in [-0.4, -0.2) is 35.8 Å². The molecule has 0 heterocycles. The molecule has 0 radical (unpaired) electrons. The number of alkyl carbamates (subject to hydrolysis) is 1. The second kappa shape index (κ2) is 11.9. The summed E-state index contributed by atoms with van der Waals surface area (Å²) in [5.41, 5.74) is 1.89. The Morgan fingerprint density at radius 1 is 0.966 bits per heavy atom. The number of benzene rings is 2. The van der Waals surface area contributed by atoms with Gasteiger partial charge in [-0.15, -0.1) is 0 Å². The Labute approximate surface area is 172 Å². The zero-order chi connectivity index (χ0) is 21.1. The normalized spacial score (nSPS) is 13.8. The van der Waals surface area contributed by atoms with Crippen molar-refractivity contribution in [3.8, 4) is 0 Å². The standard InChI is InChI=1S/C23H30N2O4/c1-3-17(2)21(25-23(28)29-16-19-12-8-5-9-13-19)22(27)24-20(15-26)14-18-10-6-4-7-11-18/h4-13,17,20-21,26H,3,14-16H2,1-2H3,(H,24,27)(H,25,28)/t17-,20-,21-/m0/s1. The van der Waals surface area contributed by atoms with E-state index in [0.29, 0.717) is 12.8 Å². The molecule has 2 amide bonds. The summed E-state index contributed by atoms with van der Waals surface area (Å²) in [4.78, 5) is 25.1. The highest BCUT2D eigenvalue weighted by Gasteiger charge is 2.28. The predicted molar refractivity (Wildman–Crippen MR) is 112 cm³/mol. The van der Waals surface area contributed by atoms with Crippen LogP contribution in [0, 0.1) is 5.92 Å². The molecular formula is C23H30N2O4. The maximum absolute atomic E-state index is 12.8. The number of rotatable bonds is 10. The number of amides is 2. The molecule has 156 valence electrons. The molecule has 0 aromatic heterocycles. The van der Waals surface area contributed by atoms with Crippen LogP contribution in [0.1, 0.15) is 31.4 Å². The Morgan fingerprint density at radius 2 is 1.55 bits per heavy atom. The molecule has 6 heteroatoms. The van der Waals surface area contributed by atoms with Gasteiger partial charge in [-0.1, -0.05) is 80.9 Å². The molecule has 2 aromatic carbocycles. The summed E-state index contributed by atoms with van der Waals surface area (Å²) in [7, 11) is 0. The number of carbonyl (C=O) groups is 2. The first-order valence-electron chi connectivity index (χ1n) is 9.95. The molecule has 6 nitrogen and oxygen atoms in total. The zero-order valence-electron chi connectivity index (χ0n) is 17.0. The molecule has 0 saturated heterocycles. The maximum atomic E-state index is 12.8. The maximum Gasteiger partial charge on any atom is 0.408 e. The topological polar surface area (TPSA) is 87.7 Å². The Bertz CT molecular complexity index is 752. The molecule has 3 N–H and O–H groups in total. The molecule has 0 spiro atoms. The lowest BCUT2D eigenvalue weighted by atomic mass is 9.97. The van der Waals surface area contributed by atoms with Gasteiger partial charge in [0.1, 0.15) is 12.6 Å². The lowest BCUT2D eigenvalue weighted by Crippen LogP contribution is -2.53. The SMILES string of the molecule is CC[C@H](C)[C@H](NC(=O)OCc1ccccc1)C(=O)N[C@H](CO)Cc1ccccc1. The van der Waals surface area contributed by atoms with E-state index in [4.69, 9.17) is 4.74 Å². The van der Waals surface area contributed by atoms with Crippen LogP contribution in [0.5, 0.6) is 0 Å². The summed E-state index contributed by atoms with van der Waals surface area (Å²) in [6.45, 7) is 3.80. The third-order valence-corrected chi connectivity index (χ3v) is 4.87. The number of ether oxygens (including phenoxy) is 1. The lowest BCUT2D eigenvalue weighted by molar-refractivity contribution is -0.125. The molecule has 0 unspecified atom stereocenters. The molecule has 0 aliphatic rings. The van der Waals surface area contributed by atoms with Crippen molar-refractivity contribution in [3.05, 3.63) is 71.8 Å². The van der Waals surface area contributed by atoms with Gasteiger partial charge < -0.3 is 20.5 Å². The van der Waals surface area contributed by atoms with E-state index in [1.807, 2.05) is 74.5 Å². The minimum atomic E-state index is -0.743. The quantitative estimate of drug-likeness (QED) is 0.574. The summed E-state index contributed by atoms with van der Waals surface area (Å²) >= 11 is 0. The smallest absolute Gasteiger partial charge is 0.408 e. The number of aliphatic hydroxyl groups is 1. The van der Waals surface area contributed by atoms with E-state index in [-0.39, 0.29) is 25.0 Å². The van der Waals surface area contributed by atoms with Crippen LogP contribution in [0.4, 0.5) is 4.79 Å². The highest BCUT2D eigenvalue weighted by Crippen LogP contribution is 2.10. The van der Waals surface area contributed by atoms with E-state index in [9.17, 15) is 14.7 Å². The minimum Gasteiger partial charge on any atom is -0.445 e. The van der Waals surface area contributed by atoms with Crippen LogP contribution in [0.3, 0.4) is 0 Å². The average molecular weight is 399 g/mol. The van der Waals surface area contributed by atoms with E-state index in [2.05, 4.69) is 10.6 Å². The highest BCUT2D eigenvalue weighted by molar-refractivity contribution is 5.86. The van der Waals surface area contributed by atoms with Gasteiger partial charge in [-0.2, -0.15) is 0 Å². The Balaban J connectivity index is 1.94. The third-order valence-electron chi connectivity index (χ3n) is 4.87. The van der Waals surface area contributed by atoms with Crippen LogP contribution in [-0.2, 0) is 22.6 Å². The van der Waals surface area contributed by atoms with Crippen molar-refractivity contribution < 1.29 is 19.4 Å². The van der Waals surface area contributed by atoms with Crippen molar-refractivity contribution in [1.82, 2.24) is 10.6 Å². The molecule has 0 saturated carbocycles. The second-order valence-electron chi connectivity index (χ2n) is 7.15. The lowest BCUT2D eigenvalue weighted by Gasteiger charge is -2.26. The zero-order valence-corrected chi connectivity index (χ0v) is 17.0. The van der Waals surface area contributed by atoms with Crippen molar-refractivity contribution in [1.29, 1.82) is 0 Å². The number of nitrogens with one attached hydrogen (secondary N) is 2. The summed E-state index contributed by atoms with van der Waals surface area (Å²) in [5.74, 6) is -0.415. The van der Waals surface area contributed by atoms with Gasteiger partial charge in [0, 0.05) is 0 Å². The summed E-state index contributed by atoms with van der Waals surface area (Å²) < 4.78 is 5.25. The number of hydrogen-bond donors (Lipinski definition) is 3. The van der Waals surface area contributed by atoms with Crippen molar-refractivity contribution in [2.75, 3.05) is 6.61 Å². The molecule has 2 rings (SSSR count). The van der Waals surface area contributed by atoms with Crippen LogP contribution < -0.4 is 10.6 Å². The molecule has 0 bridgehead atoms. The predicted octanol–water partition coefficient (Wildman–Crippen LogP) is 3.05. The first kappa shape index (κ1) is 22.4. The second-order valence-corrected chi connectivity index (χ2v) is 7.15. The Hall–Kier alpha value is -2.86. The fourth-order valence-electron chi connectivity index (χ4n) is 2.94. The van der Waals surface area contributed by atoms with Gasteiger partial charge in [0.25, 0.3) is 0 Å². The van der Waals surface area contributed by atoms with Gasteiger partial charge in [-0.25, -0.2) is 4.79 Å². The molecule has 0 aliphatic heterocycles. The fourth-order valence-corrected chi connectivity index (χ4v) is 2.94. The van der Waals surface area contributed by atoms with E-state index in [1.54, 1.807) is 0 Å². The van der Waals surface area contributed by atoms with E-state index < -0.39 is 18.2 Å². The largest absolute Gasteiger partial charge is 0.445 e. The van der Waals surface area contributed by atoms with Crippen molar-refractivity contribution in [2.24, 2.45) is 5.92 Å². The first-order valence-corrected chi connectivity index (χ1v) is 9.95. The average Bonchev–Trinajstić information content (AvgIpc) is 2.76. The van der Waals surface area contributed by atoms with Gasteiger partial charge in [0.05, 0.1) is 12.6 Å². The molecule has 29 heavy (non-hydrogen) atoms. The van der Waals surface area contributed by atoms with Crippen molar-refractivity contribution in [2.45, 2.75) is 45.4 Å². The minimum absolute atomic E-state index is 0.0876. The molecule has 0 aliphatic carbocycles. The number of carbonyl (C=O) groups excluding carboxylic acids is 2. The first-order chi connectivity index (χ1) is 14.0. The molecule has 3 atom stereocenters. The van der Waals surface area contributed by atoms with Gasteiger partial charge in [-0.05, 0) is 23.5 Å². The summed E-state index contributed by atoms with van der Waals surface area (Å²) in [5, 5.41) is 15.2. The Morgan fingerprint density at radius 3 is 2.10 bits per heavy atom. The molecular weight excluding hydrogens is 368 g/mol. The number of hydrogen-bond acceptors (Lipinski definition) is 4. The third kappa shape index (κ3) is 7.58. The van der Waals surface area contributed by atoms with Gasteiger partial charge in [0.2, 0.25) is 5.91 Å². The van der Waals surface area contributed by atoms with Gasteiger partial charge >= 0.3 is 6.09 Å². The van der Waals surface area contributed by atoms with Crippen LogP contribution in [0.2, 0.25) is 0 Å². The summed E-state index contributed by atoms with van der Waals surface area (Å²) in [6, 6.07) is 17.8. The fraction of sp³-hybridized carbons (Fsp3) is 0.391. The molecule has 0 fully saturated rings. The number of aliphatic hydroxyl groups excluding tert-OH is 1.